The van der Waals surface area contributed by atoms with Crippen LogP contribution in [0.5, 0.6) is 0 Å². The predicted molar refractivity (Wildman–Crippen MR) is 66.4 cm³/mol. The molecule has 1 amide bonds. The number of methoxy groups -OCH3 is 1. The molecule has 6 heteroatoms. The quantitative estimate of drug-likeness (QED) is 0.812. The number of benzene rings is 1. The molecule has 0 heterocycles. The number of rotatable bonds is 7. The van der Waals surface area contributed by atoms with Crippen LogP contribution in [0.4, 0.5) is 4.39 Å². The predicted octanol–water partition coefficient (Wildman–Crippen LogP) is 1.39. The van der Waals surface area contributed by atoms with Gasteiger partial charge in [-0.15, -0.1) is 0 Å². The Morgan fingerprint density at radius 3 is 2.42 bits per heavy atom. The topological polar surface area (TPSA) is 66.8 Å². The van der Waals surface area contributed by atoms with Crippen molar-refractivity contribution in [2.45, 2.75) is 6.42 Å². The first-order valence-corrected chi connectivity index (χ1v) is 5.80. The number of nitrogens with zero attached hydrogens (tertiary/aromatic N) is 1. The van der Waals surface area contributed by atoms with Crippen LogP contribution in [0.25, 0.3) is 0 Å². The Hall–Kier alpha value is -1.95. The van der Waals surface area contributed by atoms with Gasteiger partial charge in [0.2, 0.25) is 0 Å². The molecule has 0 atom stereocenters. The first-order chi connectivity index (χ1) is 9.04. The summed E-state index contributed by atoms with van der Waals surface area (Å²) in [4.78, 5) is 24.1. The fourth-order valence-electron chi connectivity index (χ4n) is 1.52. The van der Waals surface area contributed by atoms with Crippen LogP contribution in [-0.2, 0) is 9.53 Å². The summed E-state index contributed by atoms with van der Waals surface area (Å²) < 4.78 is 17.7. The van der Waals surface area contributed by atoms with Crippen molar-refractivity contribution in [2.75, 3.05) is 26.8 Å². The van der Waals surface area contributed by atoms with Crippen LogP contribution in [0, 0.1) is 5.82 Å². The Kier molecular flexibility index (Phi) is 5.95. The second-order valence-electron chi connectivity index (χ2n) is 3.94. The highest BCUT2D eigenvalue weighted by Crippen LogP contribution is 2.07. The third-order valence-electron chi connectivity index (χ3n) is 2.54. The van der Waals surface area contributed by atoms with E-state index in [2.05, 4.69) is 0 Å². The fourth-order valence-corrected chi connectivity index (χ4v) is 1.52. The van der Waals surface area contributed by atoms with Crippen molar-refractivity contribution in [1.82, 2.24) is 4.90 Å². The number of carbonyl (C=O) groups is 2. The number of carbonyl (C=O) groups excluding carboxylic acids is 1. The van der Waals surface area contributed by atoms with E-state index < -0.39 is 11.8 Å². The Balaban J connectivity index is 2.74. The smallest absolute Gasteiger partial charge is 0.305 e. The second kappa shape index (κ2) is 7.48. The minimum atomic E-state index is -0.977. The van der Waals surface area contributed by atoms with Gasteiger partial charge in [-0.3, -0.25) is 9.59 Å². The number of hydrogen-bond acceptors (Lipinski definition) is 3. The zero-order chi connectivity index (χ0) is 14.3. The van der Waals surface area contributed by atoms with Crippen LogP contribution in [-0.4, -0.2) is 48.7 Å². The molecule has 1 aromatic carbocycles. The van der Waals surface area contributed by atoms with Crippen molar-refractivity contribution in [1.29, 1.82) is 0 Å². The SMILES string of the molecule is COCCN(CCC(=O)O)C(=O)c1ccc(F)cc1. The summed E-state index contributed by atoms with van der Waals surface area (Å²) in [5.74, 6) is -1.74. The zero-order valence-electron chi connectivity index (χ0n) is 10.6. The van der Waals surface area contributed by atoms with Crippen LogP contribution in [0.2, 0.25) is 0 Å². The van der Waals surface area contributed by atoms with E-state index in [9.17, 15) is 14.0 Å². The molecule has 0 aliphatic rings. The van der Waals surface area contributed by atoms with E-state index in [0.29, 0.717) is 18.7 Å². The monoisotopic (exact) mass is 269 g/mol. The number of amides is 1. The van der Waals surface area contributed by atoms with E-state index in [1.54, 1.807) is 0 Å². The lowest BCUT2D eigenvalue weighted by molar-refractivity contribution is -0.137. The summed E-state index contributed by atoms with van der Waals surface area (Å²) in [6.07, 6.45) is -0.142. The van der Waals surface area contributed by atoms with Crippen molar-refractivity contribution in [3.05, 3.63) is 35.6 Å². The molecule has 0 radical (unpaired) electrons. The molecule has 19 heavy (non-hydrogen) atoms. The molecule has 0 unspecified atom stereocenters. The molecule has 1 N–H and O–H groups in total. The molecule has 0 aromatic heterocycles. The largest absolute Gasteiger partial charge is 0.481 e. The highest BCUT2D eigenvalue weighted by Gasteiger charge is 2.16. The van der Waals surface area contributed by atoms with Crippen molar-refractivity contribution >= 4 is 11.9 Å². The molecule has 104 valence electrons. The summed E-state index contributed by atoms with van der Waals surface area (Å²) >= 11 is 0. The maximum absolute atomic E-state index is 12.8. The maximum atomic E-state index is 12.8. The van der Waals surface area contributed by atoms with Crippen LogP contribution in [0.1, 0.15) is 16.8 Å². The van der Waals surface area contributed by atoms with E-state index in [-0.39, 0.29) is 18.9 Å². The molecule has 0 aliphatic heterocycles. The molecular formula is C13H16FNO4. The van der Waals surface area contributed by atoms with Crippen LogP contribution in [0.15, 0.2) is 24.3 Å². The lowest BCUT2D eigenvalue weighted by Gasteiger charge is -2.21. The Morgan fingerprint density at radius 1 is 1.26 bits per heavy atom. The van der Waals surface area contributed by atoms with Gasteiger partial charge in [-0.25, -0.2) is 4.39 Å². The first kappa shape index (κ1) is 15.1. The third-order valence-corrected chi connectivity index (χ3v) is 2.54. The lowest BCUT2D eigenvalue weighted by atomic mass is 10.2. The molecule has 0 saturated carbocycles. The standard InChI is InChI=1S/C13H16FNO4/c1-19-9-8-15(7-6-12(16)17)13(18)10-2-4-11(14)5-3-10/h2-5H,6-9H2,1H3,(H,16,17). The van der Waals surface area contributed by atoms with E-state index in [4.69, 9.17) is 9.84 Å². The number of ether oxygens (including phenoxy) is 1. The van der Waals surface area contributed by atoms with E-state index in [0.717, 1.165) is 0 Å². The Morgan fingerprint density at radius 2 is 1.89 bits per heavy atom. The van der Waals surface area contributed by atoms with Gasteiger partial charge in [-0.05, 0) is 24.3 Å². The van der Waals surface area contributed by atoms with E-state index in [1.165, 1.54) is 36.3 Å². The van der Waals surface area contributed by atoms with Crippen LogP contribution >= 0.6 is 0 Å². The Bertz CT molecular complexity index is 433. The number of halogens is 1. The van der Waals surface area contributed by atoms with E-state index in [1.807, 2.05) is 0 Å². The molecule has 0 bridgehead atoms. The fraction of sp³-hybridized carbons (Fsp3) is 0.385. The average molecular weight is 269 g/mol. The van der Waals surface area contributed by atoms with E-state index >= 15 is 0 Å². The molecule has 0 fully saturated rings. The summed E-state index contributed by atoms with van der Waals surface area (Å²) in [6.45, 7) is 0.696. The van der Waals surface area contributed by atoms with Gasteiger partial charge in [0, 0.05) is 25.8 Å². The van der Waals surface area contributed by atoms with Crippen molar-refractivity contribution in [2.24, 2.45) is 0 Å². The molecule has 5 nitrogen and oxygen atoms in total. The zero-order valence-corrected chi connectivity index (χ0v) is 10.6. The van der Waals surface area contributed by atoms with Gasteiger partial charge in [0.15, 0.2) is 0 Å². The summed E-state index contributed by atoms with van der Waals surface area (Å²) in [7, 11) is 1.50. The highest BCUT2D eigenvalue weighted by molar-refractivity contribution is 5.94. The van der Waals surface area contributed by atoms with Gasteiger partial charge < -0.3 is 14.7 Å². The number of carboxylic acid groups (broad SMARTS) is 1. The summed E-state index contributed by atoms with van der Waals surface area (Å²) in [5, 5.41) is 8.66. The number of hydrogen-bond donors (Lipinski definition) is 1. The summed E-state index contributed by atoms with van der Waals surface area (Å²) in [5.41, 5.74) is 0.322. The second-order valence-corrected chi connectivity index (χ2v) is 3.94. The first-order valence-electron chi connectivity index (χ1n) is 5.80. The molecule has 1 rings (SSSR count). The van der Waals surface area contributed by atoms with Crippen molar-refractivity contribution in [3.8, 4) is 0 Å². The van der Waals surface area contributed by atoms with Gasteiger partial charge in [-0.1, -0.05) is 0 Å². The Labute approximate surface area is 110 Å². The van der Waals surface area contributed by atoms with Gasteiger partial charge >= 0.3 is 5.97 Å². The molecule has 0 spiro atoms. The van der Waals surface area contributed by atoms with Crippen molar-refractivity contribution < 1.29 is 23.8 Å². The van der Waals surface area contributed by atoms with Crippen LogP contribution < -0.4 is 0 Å². The maximum Gasteiger partial charge on any atom is 0.305 e. The minimum Gasteiger partial charge on any atom is -0.481 e. The number of aliphatic carboxylic acids is 1. The normalized spacial score (nSPS) is 10.2. The molecule has 0 saturated heterocycles. The van der Waals surface area contributed by atoms with Gasteiger partial charge in [0.05, 0.1) is 13.0 Å². The molecule has 0 aliphatic carbocycles. The highest BCUT2D eigenvalue weighted by atomic mass is 19.1. The van der Waals surface area contributed by atoms with Crippen molar-refractivity contribution in [3.63, 3.8) is 0 Å². The molecule has 1 aromatic rings. The minimum absolute atomic E-state index is 0.0922. The summed E-state index contributed by atoms with van der Waals surface area (Å²) in [6, 6.07) is 5.13. The molecular weight excluding hydrogens is 253 g/mol. The third kappa shape index (κ3) is 5.05. The van der Waals surface area contributed by atoms with Crippen LogP contribution in [0.3, 0.4) is 0 Å². The van der Waals surface area contributed by atoms with Gasteiger partial charge in [-0.2, -0.15) is 0 Å². The van der Waals surface area contributed by atoms with Gasteiger partial charge in [0.25, 0.3) is 5.91 Å². The average Bonchev–Trinajstić information content (AvgIpc) is 2.39. The lowest BCUT2D eigenvalue weighted by Crippen LogP contribution is -2.35. The van der Waals surface area contributed by atoms with Gasteiger partial charge in [0.1, 0.15) is 5.82 Å². The number of carboxylic acids is 1.